The first kappa shape index (κ1) is 14.0. The molecule has 1 aliphatic rings. The van der Waals surface area contributed by atoms with Crippen molar-refractivity contribution in [2.45, 2.75) is 31.9 Å². The van der Waals surface area contributed by atoms with Crippen LogP contribution in [0.25, 0.3) is 0 Å². The van der Waals surface area contributed by atoms with Crippen molar-refractivity contribution < 1.29 is 9.53 Å². The maximum atomic E-state index is 12.5. The molecular formula is C14H21N3O2. The zero-order valence-corrected chi connectivity index (χ0v) is 11.5. The zero-order valence-electron chi connectivity index (χ0n) is 11.5. The van der Waals surface area contributed by atoms with Crippen molar-refractivity contribution in [1.29, 1.82) is 0 Å². The van der Waals surface area contributed by atoms with Crippen LogP contribution >= 0.6 is 0 Å². The fourth-order valence-corrected chi connectivity index (χ4v) is 2.48. The minimum atomic E-state index is 0.0116. The summed E-state index contributed by atoms with van der Waals surface area (Å²) >= 11 is 0. The SMILES string of the molecule is COC1CCN(C(=O)c2ccc(C)nc2)C(CN)C1. The Bertz CT molecular complexity index is 433. The molecule has 0 aromatic carbocycles. The average molecular weight is 263 g/mol. The topological polar surface area (TPSA) is 68.5 Å². The van der Waals surface area contributed by atoms with Crippen LogP contribution in [-0.4, -0.2) is 48.1 Å². The molecule has 0 saturated carbocycles. The van der Waals surface area contributed by atoms with E-state index in [4.69, 9.17) is 10.5 Å². The fraction of sp³-hybridized carbons (Fsp3) is 0.571. The molecule has 5 nitrogen and oxygen atoms in total. The molecule has 0 radical (unpaired) electrons. The lowest BCUT2D eigenvalue weighted by atomic mass is 9.98. The molecule has 1 aromatic rings. The van der Waals surface area contributed by atoms with Crippen LogP contribution in [0, 0.1) is 6.92 Å². The molecule has 104 valence electrons. The summed E-state index contributed by atoms with van der Waals surface area (Å²) < 4.78 is 5.37. The minimum Gasteiger partial charge on any atom is -0.381 e. The molecule has 19 heavy (non-hydrogen) atoms. The number of nitrogens with zero attached hydrogens (tertiary/aromatic N) is 2. The van der Waals surface area contributed by atoms with Crippen molar-refractivity contribution in [2.24, 2.45) is 5.73 Å². The largest absolute Gasteiger partial charge is 0.381 e. The molecule has 2 N–H and O–H groups in total. The molecule has 2 unspecified atom stereocenters. The van der Waals surface area contributed by atoms with Gasteiger partial charge < -0.3 is 15.4 Å². The molecule has 1 aliphatic heterocycles. The molecule has 1 saturated heterocycles. The number of amides is 1. The number of methoxy groups -OCH3 is 1. The van der Waals surface area contributed by atoms with E-state index in [1.807, 2.05) is 24.0 Å². The second-order valence-electron chi connectivity index (χ2n) is 4.96. The van der Waals surface area contributed by atoms with Gasteiger partial charge in [0.25, 0.3) is 5.91 Å². The first-order valence-electron chi connectivity index (χ1n) is 6.62. The summed E-state index contributed by atoms with van der Waals surface area (Å²) in [5.74, 6) is 0.0116. The van der Waals surface area contributed by atoms with Crippen molar-refractivity contribution in [2.75, 3.05) is 20.2 Å². The van der Waals surface area contributed by atoms with Gasteiger partial charge in [-0.2, -0.15) is 0 Å². The third-order valence-corrected chi connectivity index (χ3v) is 3.69. The predicted molar refractivity (Wildman–Crippen MR) is 72.9 cm³/mol. The summed E-state index contributed by atoms with van der Waals surface area (Å²) in [4.78, 5) is 18.5. The quantitative estimate of drug-likeness (QED) is 0.882. The van der Waals surface area contributed by atoms with E-state index in [1.54, 1.807) is 13.3 Å². The number of hydrogen-bond donors (Lipinski definition) is 1. The summed E-state index contributed by atoms with van der Waals surface area (Å²) in [6.45, 7) is 3.05. The molecule has 1 fully saturated rings. The van der Waals surface area contributed by atoms with E-state index in [0.29, 0.717) is 18.7 Å². The molecular weight excluding hydrogens is 242 g/mol. The standard InChI is InChI=1S/C14H21N3O2/c1-10-3-4-11(9-16-10)14(18)17-6-5-13(19-2)7-12(17)8-15/h3-4,9,12-13H,5-8,15H2,1-2H3. The lowest BCUT2D eigenvalue weighted by Gasteiger charge is -2.38. The Kier molecular flexibility index (Phi) is 4.50. The van der Waals surface area contributed by atoms with E-state index in [0.717, 1.165) is 18.5 Å². The number of carbonyl (C=O) groups excluding carboxylic acids is 1. The smallest absolute Gasteiger partial charge is 0.255 e. The van der Waals surface area contributed by atoms with Crippen LogP contribution in [0.5, 0.6) is 0 Å². The summed E-state index contributed by atoms with van der Waals surface area (Å²) in [5.41, 5.74) is 7.32. The summed E-state index contributed by atoms with van der Waals surface area (Å²) in [5, 5.41) is 0. The lowest BCUT2D eigenvalue weighted by molar-refractivity contribution is 0.0139. The number of rotatable bonds is 3. The summed E-state index contributed by atoms with van der Waals surface area (Å²) in [6, 6.07) is 3.72. The Hall–Kier alpha value is -1.46. The van der Waals surface area contributed by atoms with E-state index < -0.39 is 0 Å². The van der Waals surface area contributed by atoms with Crippen LogP contribution in [-0.2, 0) is 4.74 Å². The molecule has 1 amide bonds. The second kappa shape index (κ2) is 6.12. The van der Waals surface area contributed by atoms with Gasteiger partial charge in [-0.25, -0.2) is 0 Å². The highest BCUT2D eigenvalue weighted by atomic mass is 16.5. The van der Waals surface area contributed by atoms with E-state index in [9.17, 15) is 4.79 Å². The highest BCUT2D eigenvalue weighted by Gasteiger charge is 2.31. The number of piperidine rings is 1. The zero-order chi connectivity index (χ0) is 13.8. The first-order chi connectivity index (χ1) is 9.15. The minimum absolute atomic E-state index is 0.0116. The number of ether oxygens (including phenoxy) is 1. The van der Waals surface area contributed by atoms with Crippen molar-refractivity contribution in [3.05, 3.63) is 29.6 Å². The molecule has 1 aromatic heterocycles. The van der Waals surface area contributed by atoms with Gasteiger partial charge in [0.2, 0.25) is 0 Å². The van der Waals surface area contributed by atoms with E-state index >= 15 is 0 Å². The number of pyridine rings is 1. The van der Waals surface area contributed by atoms with Gasteiger partial charge in [-0.05, 0) is 31.9 Å². The Morgan fingerprint density at radius 3 is 2.95 bits per heavy atom. The Morgan fingerprint density at radius 2 is 2.37 bits per heavy atom. The number of hydrogen-bond acceptors (Lipinski definition) is 4. The third kappa shape index (κ3) is 3.11. The highest BCUT2D eigenvalue weighted by molar-refractivity contribution is 5.94. The monoisotopic (exact) mass is 263 g/mol. The van der Waals surface area contributed by atoms with Crippen LogP contribution in [0.2, 0.25) is 0 Å². The predicted octanol–water partition coefficient (Wildman–Crippen LogP) is 0.968. The summed E-state index contributed by atoms with van der Waals surface area (Å²) in [7, 11) is 1.71. The van der Waals surface area contributed by atoms with Crippen molar-refractivity contribution in [1.82, 2.24) is 9.88 Å². The molecule has 2 rings (SSSR count). The number of likely N-dealkylation sites (tertiary alicyclic amines) is 1. The van der Waals surface area contributed by atoms with Crippen LogP contribution in [0.15, 0.2) is 18.3 Å². The number of nitrogens with two attached hydrogens (primary N) is 1. The molecule has 0 spiro atoms. The van der Waals surface area contributed by atoms with E-state index in [1.165, 1.54) is 0 Å². The molecule has 2 atom stereocenters. The van der Waals surface area contributed by atoms with Gasteiger partial charge in [0.05, 0.1) is 11.7 Å². The fourth-order valence-electron chi connectivity index (χ4n) is 2.48. The van der Waals surface area contributed by atoms with Crippen LogP contribution in [0.1, 0.15) is 28.9 Å². The Labute approximate surface area is 113 Å². The normalized spacial score (nSPS) is 23.4. The number of aryl methyl sites for hydroxylation is 1. The van der Waals surface area contributed by atoms with Gasteiger partial charge in [0.1, 0.15) is 0 Å². The van der Waals surface area contributed by atoms with Gasteiger partial charge in [0, 0.05) is 38.1 Å². The van der Waals surface area contributed by atoms with Gasteiger partial charge in [-0.3, -0.25) is 9.78 Å². The van der Waals surface area contributed by atoms with Gasteiger partial charge in [-0.15, -0.1) is 0 Å². The van der Waals surface area contributed by atoms with Crippen LogP contribution < -0.4 is 5.73 Å². The van der Waals surface area contributed by atoms with Gasteiger partial charge >= 0.3 is 0 Å². The Balaban J connectivity index is 2.11. The highest BCUT2D eigenvalue weighted by Crippen LogP contribution is 2.21. The summed E-state index contributed by atoms with van der Waals surface area (Å²) in [6.07, 6.45) is 3.50. The van der Waals surface area contributed by atoms with Crippen LogP contribution in [0.4, 0.5) is 0 Å². The molecule has 2 heterocycles. The van der Waals surface area contributed by atoms with E-state index in [-0.39, 0.29) is 18.1 Å². The van der Waals surface area contributed by atoms with E-state index in [2.05, 4.69) is 4.98 Å². The number of aromatic nitrogens is 1. The van der Waals surface area contributed by atoms with Crippen LogP contribution in [0.3, 0.4) is 0 Å². The maximum absolute atomic E-state index is 12.5. The molecule has 5 heteroatoms. The second-order valence-corrected chi connectivity index (χ2v) is 4.96. The molecule has 0 bridgehead atoms. The number of carbonyl (C=O) groups is 1. The third-order valence-electron chi connectivity index (χ3n) is 3.69. The average Bonchev–Trinajstić information content (AvgIpc) is 2.46. The lowest BCUT2D eigenvalue weighted by Crippen LogP contribution is -2.51. The van der Waals surface area contributed by atoms with Crippen molar-refractivity contribution in [3.63, 3.8) is 0 Å². The maximum Gasteiger partial charge on any atom is 0.255 e. The van der Waals surface area contributed by atoms with Gasteiger partial charge in [0.15, 0.2) is 0 Å². The van der Waals surface area contributed by atoms with Crippen molar-refractivity contribution in [3.8, 4) is 0 Å². The van der Waals surface area contributed by atoms with Crippen molar-refractivity contribution >= 4 is 5.91 Å². The Morgan fingerprint density at radius 1 is 1.58 bits per heavy atom. The molecule has 0 aliphatic carbocycles. The first-order valence-corrected chi connectivity index (χ1v) is 6.62. The van der Waals surface area contributed by atoms with Gasteiger partial charge in [-0.1, -0.05) is 0 Å².